The topological polar surface area (TPSA) is 51.0 Å². The third-order valence-corrected chi connectivity index (χ3v) is 6.43. The summed E-state index contributed by atoms with van der Waals surface area (Å²) in [6.07, 6.45) is 8.36. The van der Waals surface area contributed by atoms with E-state index in [1.165, 1.54) is 16.0 Å². The second-order valence-corrected chi connectivity index (χ2v) is 8.20. The maximum absolute atomic E-state index is 13.1. The summed E-state index contributed by atoms with van der Waals surface area (Å²) in [5.74, 6) is 0. The predicted molar refractivity (Wildman–Crippen MR) is 106 cm³/mol. The second kappa shape index (κ2) is 7.29. The van der Waals surface area contributed by atoms with Gasteiger partial charge in [0.1, 0.15) is 4.83 Å². The summed E-state index contributed by atoms with van der Waals surface area (Å²) < 4.78 is 1.88. The Balaban J connectivity index is 1.53. The number of pyridine rings is 1. The zero-order valence-corrected chi connectivity index (χ0v) is 16.1. The summed E-state index contributed by atoms with van der Waals surface area (Å²) in [4.78, 5) is 26.4. The van der Waals surface area contributed by atoms with Gasteiger partial charge in [-0.2, -0.15) is 0 Å². The molecule has 3 aromatic rings. The fourth-order valence-electron chi connectivity index (χ4n) is 3.96. The zero-order chi connectivity index (χ0) is 18.1. The van der Waals surface area contributed by atoms with E-state index in [1.807, 2.05) is 23.0 Å². The van der Waals surface area contributed by atoms with Gasteiger partial charge in [0, 0.05) is 42.9 Å². The van der Waals surface area contributed by atoms with Crippen LogP contribution in [0.25, 0.3) is 10.2 Å². The van der Waals surface area contributed by atoms with Crippen molar-refractivity contribution in [2.45, 2.75) is 45.7 Å². The Labute approximate surface area is 157 Å². The molecule has 0 aromatic carbocycles. The van der Waals surface area contributed by atoms with Crippen molar-refractivity contribution in [3.05, 3.63) is 57.2 Å². The minimum Gasteiger partial charge on any atom is -0.299 e. The van der Waals surface area contributed by atoms with Gasteiger partial charge in [-0.25, -0.2) is 4.98 Å². The summed E-state index contributed by atoms with van der Waals surface area (Å²) in [7, 11) is 0. The lowest BCUT2D eigenvalue weighted by Gasteiger charge is -2.32. The molecule has 0 aliphatic carbocycles. The Morgan fingerprint density at radius 3 is 2.81 bits per heavy atom. The number of aryl methyl sites for hydroxylation is 2. The van der Waals surface area contributed by atoms with Crippen molar-refractivity contribution < 1.29 is 0 Å². The lowest BCUT2D eigenvalue weighted by Crippen LogP contribution is -2.37. The number of aromatic nitrogens is 3. The number of hydrogen-bond donors (Lipinski definition) is 0. The van der Waals surface area contributed by atoms with Gasteiger partial charge in [0.15, 0.2) is 0 Å². The standard InChI is InChI=1S/C20H24N4OS/c1-3-17-14(2)26-19-18(17)20(25)24(13-22-19)16-6-9-23(10-7-16)12-15-5-4-8-21-11-15/h4-5,8,11,13,16H,3,6-7,9-10,12H2,1-2H3. The SMILES string of the molecule is CCc1c(C)sc2ncn(C3CCN(Cc4cccnc4)CC3)c(=O)c12. The van der Waals surface area contributed by atoms with E-state index in [4.69, 9.17) is 0 Å². The van der Waals surface area contributed by atoms with E-state index in [0.29, 0.717) is 0 Å². The van der Waals surface area contributed by atoms with E-state index in [0.717, 1.165) is 49.1 Å². The lowest BCUT2D eigenvalue weighted by atomic mass is 10.0. The van der Waals surface area contributed by atoms with Crippen LogP contribution in [-0.2, 0) is 13.0 Å². The van der Waals surface area contributed by atoms with Crippen molar-refractivity contribution in [1.29, 1.82) is 0 Å². The second-order valence-electron chi connectivity index (χ2n) is 7.00. The Morgan fingerprint density at radius 2 is 2.12 bits per heavy atom. The average Bonchev–Trinajstić information content (AvgIpc) is 3.00. The molecule has 0 spiro atoms. The highest BCUT2D eigenvalue weighted by atomic mass is 32.1. The molecule has 1 aliphatic rings. The molecule has 136 valence electrons. The number of likely N-dealkylation sites (tertiary alicyclic amines) is 1. The fourth-order valence-corrected chi connectivity index (χ4v) is 5.03. The molecule has 0 unspecified atom stereocenters. The zero-order valence-electron chi connectivity index (χ0n) is 15.3. The van der Waals surface area contributed by atoms with Gasteiger partial charge < -0.3 is 0 Å². The van der Waals surface area contributed by atoms with Gasteiger partial charge in [-0.15, -0.1) is 11.3 Å². The van der Waals surface area contributed by atoms with Crippen LogP contribution in [0, 0.1) is 6.92 Å². The van der Waals surface area contributed by atoms with Gasteiger partial charge >= 0.3 is 0 Å². The normalized spacial score (nSPS) is 16.4. The number of hydrogen-bond acceptors (Lipinski definition) is 5. The molecule has 1 aliphatic heterocycles. The molecule has 1 saturated heterocycles. The fraction of sp³-hybridized carbons (Fsp3) is 0.450. The molecule has 5 nitrogen and oxygen atoms in total. The smallest absolute Gasteiger partial charge is 0.262 e. The van der Waals surface area contributed by atoms with Crippen molar-refractivity contribution in [3.63, 3.8) is 0 Å². The first-order valence-corrected chi connectivity index (χ1v) is 10.1. The van der Waals surface area contributed by atoms with E-state index in [2.05, 4.69) is 34.8 Å². The van der Waals surface area contributed by atoms with Gasteiger partial charge in [-0.3, -0.25) is 19.2 Å². The lowest BCUT2D eigenvalue weighted by molar-refractivity contribution is 0.177. The Bertz CT molecular complexity index is 955. The van der Waals surface area contributed by atoms with Crippen LogP contribution < -0.4 is 5.56 Å². The number of piperidine rings is 1. The van der Waals surface area contributed by atoms with Crippen LogP contribution in [0.1, 0.15) is 41.8 Å². The average molecular weight is 369 g/mol. The van der Waals surface area contributed by atoms with E-state index in [-0.39, 0.29) is 11.6 Å². The maximum atomic E-state index is 13.1. The number of thiophene rings is 1. The van der Waals surface area contributed by atoms with E-state index in [1.54, 1.807) is 17.7 Å². The third-order valence-electron chi connectivity index (χ3n) is 5.37. The Kier molecular flexibility index (Phi) is 4.87. The van der Waals surface area contributed by atoms with Crippen molar-refractivity contribution in [2.24, 2.45) is 0 Å². The first-order valence-electron chi connectivity index (χ1n) is 9.27. The highest BCUT2D eigenvalue weighted by Crippen LogP contribution is 2.28. The molecule has 0 saturated carbocycles. The molecule has 6 heteroatoms. The molecule has 0 atom stereocenters. The molecule has 1 fully saturated rings. The van der Waals surface area contributed by atoms with Crippen molar-refractivity contribution in [3.8, 4) is 0 Å². The minimum absolute atomic E-state index is 0.141. The molecule has 26 heavy (non-hydrogen) atoms. The molecule has 0 bridgehead atoms. The van der Waals surface area contributed by atoms with Crippen LogP contribution >= 0.6 is 11.3 Å². The Hall–Kier alpha value is -2.05. The third kappa shape index (κ3) is 3.19. The highest BCUT2D eigenvalue weighted by Gasteiger charge is 2.23. The molecular formula is C20H24N4OS. The van der Waals surface area contributed by atoms with Crippen LogP contribution in [-0.4, -0.2) is 32.5 Å². The van der Waals surface area contributed by atoms with Crippen LogP contribution in [0.3, 0.4) is 0 Å². The monoisotopic (exact) mass is 368 g/mol. The van der Waals surface area contributed by atoms with Gasteiger partial charge in [-0.1, -0.05) is 13.0 Å². The first-order chi connectivity index (χ1) is 12.7. The molecular weight excluding hydrogens is 344 g/mol. The van der Waals surface area contributed by atoms with Crippen LogP contribution in [0.4, 0.5) is 0 Å². The first kappa shape index (κ1) is 17.4. The van der Waals surface area contributed by atoms with E-state index < -0.39 is 0 Å². The molecule has 4 heterocycles. The van der Waals surface area contributed by atoms with Gasteiger partial charge in [-0.05, 0) is 43.4 Å². The summed E-state index contributed by atoms with van der Waals surface area (Å²) in [5, 5.41) is 0.843. The number of rotatable bonds is 4. The van der Waals surface area contributed by atoms with Gasteiger partial charge in [0.25, 0.3) is 5.56 Å². The summed E-state index contributed by atoms with van der Waals surface area (Å²) >= 11 is 1.64. The minimum atomic E-state index is 0.141. The van der Waals surface area contributed by atoms with E-state index in [9.17, 15) is 4.79 Å². The summed E-state index contributed by atoms with van der Waals surface area (Å²) in [6, 6.07) is 4.35. The number of fused-ring (bicyclic) bond motifs is 1. The molecule has 0 N–H and O–H groups in total. The molecule has 0 amide bonds. The largest absolute Gasteiger partial charge is 0.299 e. The summed E-state index contributed by atoms with van der Waals surface area (Å²) in [6.45, 7) is 7.12. The van der Waals surface area contributed by atoms with Crippen LogP contribution in [0.2, 0.25) is 0 Å². The number of nitrogens with zero attached hydrogens (tertiary/aromatic N) is 4. The van der Waals surface area contributed by atoms with Crippen LogP contribution in [0.5, 0.6) is 0 Å². The van der Waals surface area contributed by atoms with Crippen molar-refractivity contribution >= 4 is 21.6 Å². The highest BCUT2D eigenvalue weighted by molar-refractivity contribution is 7.18. The van der Waals surface area contributed by atoms with Crippen molar-refractivity contribution in [2.75, 3.05) is 13.1 Å². The quantitative estimate of drug-likeness (QED) is 0.706. The molecule has 3 aromatic heterocycles. The Morgan fingerprint density at radius 1 is 1.31 bits per heavy atom. The molecule has 0 radical (unpaired) electrons. The van der Waals surface area contributed by atoms with Gasteiger partial charge in [0.2, 0.25) is 0 Å². The molecule has 4 rings (SSSR count). The maximum Gasteiger partial charge on any atom is 0.262 e. The summed E-state index contributed by atoms with van der Waals surface area (Å²) in [5.41, 5.74) is 2.56. The predicted octanol–water partition coefficient (Wildman–Crippen LogP) is 3.56. The van der Waals surface area contributed by atoms with Gasteiger partial charge in [0.05, 0.1) is 11.7 Å². The van der Waals surface area contributed by atoms with Crippen molar-refractivity contribution in [1.82, 2.24) is 19.4 Å². The van der Waals surface area contributed by atoms with E-state index >= 15 is 0 Å². The van der Waals surface area contributed by atoms with Crippen LogP contribution in [0.15, 0.2) is 35.6 Å².